The van der Waals surface area contributed by atoms with Gasteiger partial charge in [-0.05, 0) is 32.5 Å². The third-order valence-corrected chi connectivity index (χ3v) is 2.33. The van der Waals surface area contributed by atoms with E-state index in [-0.39, 0.29) is 0 Å². The first-order valence-electron chi connectivity index (χ1n) is 5.58. The summed E-state index contributed by atoms with van der Waals surface area (Å²) in [4.78, 5) is 2.29. The second kappa shape index (κ2) is 8.30. The third-order valence-electron chi connectivity index (χ3n) is 2.33. The number of hydrogen-bond donors (Lipinski definition) is 1. The fourth-order valence-corrected chi connectivity index (χ4v) is 1.37. The highest BCUT2D eigenvalue weighted by atomic mass is 15.1. The maximum Gasteiger partial charge on any atom is 0.0316 e. The molecule has 2 N–H and O–H groups in total. The first kappa shape index (κ1) is 14.0. The Bertz CT molecular complexity index is 239. The normalized spacial score (nSPS) is 13.3. The van der Waals surface area contributed by atoms with Gasteiger partial charge in [-0.3, -0.25) is 0 Å². The largest absolute Gasteiger partial charge is 0.399 e. The standard InChI is InChI=1S/C13H24N2/c1-5-8-10-15(4)11-12(9-6-2)13(14)7-3/h6-7,9H,2,5,8,10-11,14H2,1,3-4H3/b12-9-,13-7+. The molecule has 0 aromatic rings. The summed E-state index contributed by atoms with van der Waals surface area (Å²) in [7, 11) is 2.12. The van der Waals surface area contributed by atoms with Gasteiger partial charge in [-0.15, -0.1) is 0 Å². The summed E-state index contributed by atoms with van der Waals surface area (Å²) in [6, 6.07) is 0. The van der Waals surface area contributed by atoms with Gasteiger partial charge in [0.05, 0.1) is 0 Å². The summed E-state index contributed by atoms with van der Waals surface area (Å²) >= 11 is 0. The molecule has 0 rings (SSSR count). The van der Waals surface area contributed by atoms with E-state index >= 15 is 0 Å². The molecule has 0 radical (unpaired) electrons. The van der Waals surface area contributed by atoms with Gasteiger partial charge < -0.3 is 10.6 Å². The molecule has 0 amide bonds. The van der Waals surface area contributed by atoms with Crippen LogP contribution in [0.25, 0.3) is 0 Å². The molecule has 0 aromatic carbocycles. The van der Waals surface area contributed by atoms with Crippen LogP contribution in [0.3, 0.4) is 0 Å². The van der Waals surface area contributed by atoms with E-state index in [9.17, 15) is 0 Å². The maximum absolute atomic E-state index is 5.90. The summed E-state index contributed by atoms with van der Waals surface area (Å²) in [5, 5.41) is 0. The van der Waals surface area contributed by atoms with Crippen molar-refractivity contribution in [2.75, 3.05) is 20.1 Å². The van der Waals surface area contributed by atoms with Gasteiger partial charge >= 0.3 is 0 Å². The first-order chi connectivity index (χ1) is 7.15. The number of rotatable bonds is 7. The molecule has 0 bridgehead atoms. The molecule has 0 fully saturated rings. The van der Waals surface area contributed by atoms with Crippen molar-refractivity contribution in [2.24, 2.45) is 5.73 Å². The first-order valence-corrected chi connectivity index (χ1v) is 5.58. The molecule has 2 nitrogen and oxygen atoms in total. The van der Waals surface area contributed by atoms with Crippen LogP contribution < -0.4 is 5.73 Å². The molecule has 2 heteroatoms. The quantitative estimate of drug-likeness (QED) is 0.652. The molecule has 0 heterocycles. The van der Waals surface area contributed by atoms with Crippen LogP contribution in [0.5, 0.6) is 0 Å². The molecule has 0 saturated carbocycles. The summed E-state index contributed by atoms with van der Waals surface area (Å²) in [6.07, 6.45) is 8.16. The minimum absolute atomic E-state index is 0.846. The van der Waals surface area contributed by atoms with Crippen molar-refractivity contribution in [1.82, 2.24) is 4.90 Å². The summed E-state index contributed by atoms with van der Waals surface area (Å²) in [6.45, 7) is 9.87. The smallest absolute Gasteiger partial charge is 0.0316 e. The van der Waals surface area contributed by atoms with Crippen molar-refractivity contribution in [3.8, 4) is 0 Å². The molecule has 0 aromatic heterocycles. The van der Waals surface area contributed by atoms with E-state index in [0.29, 0.717) is 0 Å². The molecule has 86 valence electrons. The zero-order valence-corrected chi connectivity index (χ0v) is 10.3. The fraction of sp³-hybridized carbons (Fsp3) is 0.538. The lowest BCUT2D eigenvalue weighted by Gasteiger charge is -2.18. The van der Waals surface area contributed by atoms with Crippen molar-refractivity contribution in [3.63, 3.8) is 0 Å². The molecule has 0 aliphatic rings. The molecular formula is C13H24N2. The molecular weight excluding hydrogens is 184 g/mol. The second-order valence-electron chi connectivity index (χ2n) is 3.76. The number of hydrogen-bond acceptors (Lipinski definition) is 2. The average Bonchev–Trinajstić information content (AvgIpc) is 2.24. The van der Waals surface area contributed by atoms with Crippen LogP contribution >= 0.6 is 0 Å². The summed E-state index contributed by atoms with van der Waals surface area (Å²) < 4.78 is 0. The van der Waals surface area contributed by atoms with Crippen molar-refractivity contribution >= 4 is 0 Å². The molecule has 0 atom stereocenters. The van der Waals surface area contributed by atoms with Crippen molar-refractivity contribution in [1.29, 1.82) is 0 Å². The second-order valence-corrected chi connectivity index (χ2v) is 3.76. The Morgan fingerprint density at radius 3 is 2.60 bits per heavy atom. The van der Waals surface area contributed by atoms with Crippen LogP contribution in [0.1, 0.15) is 26.7 Å². The van der Waals surface area contributed by atoms with Crippen molar-refractivity contribution < 1.29 is 0 Å². The fourth-order valence-electron chi connectivity index (χ4n) is 1.37. The van der Waals surface area contributed by atoms with Gasteiger partial charge in [-0.25, -0.2) is 0 Å². The number of unbranched alkanes of at least 4 members (excludes halogenated alkanes) is 1. The molecule has 0 aliphatic carbocycles. The Morgan fingerprint density at radius 1 is 1.47 bits per heavy atom. The van der Waals surface area contributed by atoms with E-state index in [4.69, 9.17) is 5.73 Å². The minimum Gasteiger partial charge on any atom is -0.399 e. The van der Waals surface area contributed by atoms with Crippen molar-refractivity contribution in [2.45, 2.75) is 26.7 Å². The highest BCUT2D eigenvalue weighted by Gasteiger charge is 2.03. The molecule has 15 heavy (non-hydrogen) atoms. The highest BCUT2D eigenvalue weighted by molar-refractivity contribution is 5.31. The zero-order valence-electron chi connectivity index (χ0n) is 10.3. The Kier molecular flexibility index (Phi) is 7.74. The van der Waals surface area contributed by atoms with Gasteiger partial charge in [0, 0.05) is 12.2 Å². The molecule has 0 spiro atoms. The van der Waals surface area contributed by atoms with Gasteiger partial charge in [0.15, 0.2) is 0 Å². The van der Waals surface area contributed by atoms with E-state index in [1.807, 2.05) is 19.1 Å². The predicted molar refractivity (Wildman–Crippen MR) is 68.6 cm³/mol. The lowest BCUT2D eigenvalue weighted by atomic mass is 10.1. The van der Waals surface area contributed by atoms with Crippen molar-refractivity contribution in [3.05, 3.63) is 36.1 Å². The van der Waals surface area contributed by atoms with Gasteiger partial charge in [0.25, 0.3) is 0 Å². The Morgan fingerprint density at radius 2 is 2.13 bits per heavy atom. The van der Waals surface area contributed by atoms with E-state index in [1.165, 1.54) is 12.8 Å². The maximum atomic E-state index is 5.90. The lowest BCUT2D eigenvalue weighted by Crippen LogP contribution is -2.24. The van der Waals surface area contributed by atoms with Crippen LogP contribution in [-0.2, 0) is 0 Å². The molecule has 0 saturated heterocycles. The van der Waals surface area contributed by atoms with Crippen LogP contribution in [0, 0.1) is 0 Å². The SMILES string of the molecule is C=C/C=C(CN(C)CCCC)\C(N)=C/C. The van der Waals surface area contributed by atoms with E-state index < -0.39 is 0 Å². The number of nitrogens with zero attached hydrogens (tertiary/aromatic N) is 1. The monoisotopic (exact) mass is 208 g/mol. The van der Waals surface area contributed by atoms with Crippen LogP contribution in [0.2, 0.25) is 0 Å². The molecule has 0 unspecified atom stereocenters. The third kappa shape index (κ3) is 6.13. The van der Waals surface area contributed by atoms with E-state index in [0.717, 1.165) is 24.4 Å². The van der Waals surface area contributed by atoms with E-state index in [1.54, 1.807) is 6.08 Å². The summed E-state index contributed by atoms with van der Waals surface area (Å²) in [5.41, 5.74) is 7.89. The van der Waals surface area contributed by atoms with Crippen LogP contribution in [-0.4, -0.2) is 25.0 Å². The van der Waals surface area contributed by atoms with Gasteiger partial charge in [0.1, 0.15) is 0 Å². The predicted octanol–water partition coefficient (Wildman–Crippen LogP) is 2.69. The highest BCUT2D eigenvalue weighted by Crippen LogP contribution is 2.06. The van der Waals surface area contributed by atoms with Crippen LogP contribution in [0.4, 0.5) is 0 Å². The molecule has 0 aliphatic heterocycles. The lowest BCUT2D eigenvalue weighted by molar-refractivity contribution is 0.356. The van der Waals surface area contributed by atoms with Gasteiger partial charge in [-0.2, -0.15) is 0 Å². The minimum atomic E-state index is 0.846. The van der Waals surface area contributed by atoms with E-state index in [2.05, 4.69) is 25.5 Å². The Labute approximate surface area is 94.1 Å². The average molecular weight is 208 g/mol. The number of likely N-dealkylation sites (N-methyl/N-ethyl adjacent to an activating group) is 1. The van der Waals surface area contributed by atoms with Gasteiger partial charge in [-0.1, -0.05) is 38.2 Å². The van der Waals surface area contributed by atoms with Gasteiger partial charge in [0.2, 0.25) is 0 Å². The number of allylic oxidation sites excluding steroid dienone is 3. The Hall–Kier alpha value is -1.02. The number of nitrogens with two attached hydrogens (primary N) is 1. The van der Waals surface area contributed by atoms with Crippen LogP contribution in [0.15, 0.2) is 36.1 Å². The summed E-state index contributed by atoms with van der Waals surface area (Å²) in [5.74, 6) is 0. The Balaban J connectivity index is 4.30. The zero-order chi connectivity index (χ0) is 11.7. The topological polar surface area (TPSA) is 29.3 Å².